The van der Waals surface area contributed by atoms with Crippen molar-refractivity contribution in [2.45, 2.75) is 13.5 Å². The van der Waals surface area contributed by atoms with E-state index in [1.165, 1.54) is 0 Å². The normalized spacial score (nSPS) is 10.8. The van der Waals surface area contributed by atoms with E-state index in [-0.39, 0.29) is 0 Å². The van der Waals surface area contributed by atoms with Crippen LogP contribution in [0.1, 0.15) is 11.4 Å². The fourth-order valence-electron chi connectivity index (χ4n) is 1.33. The van der Waals surface area contributed by atoms with Crippen LogP contribution in [0.5, 0.6) is 0 Å². The van der Waals surface area contributed by atoms with Gasteiger partial charge in [-0.1, -0.05) is 0 Å². The van der Waals surface area contributed by atoms with Gasteiger partial charge < -0.3 is 0 Å². The summed E-state index contributed by atoms with van der Waals surface area (Å²) in [5.41, 5.74) is 2.15. The number of hydrogen-bond acceptors (Lipinski definition) is 3. The van der Waals surface area contributed by atoms with Crippen LogP contribution in [0.3, 0.4) is 0 Å². The first-order valence-corrected chi connectivity index (χ1v) is 5.27. The van der Waals surface area contributed by atoms with Crippen LogP contribution in [0.25, 0.3) is 0 Å². The third-order valence-corrected chi connectivity index (χ3v) is 2.43. The maximum absolute atomic E-state index is 4.27. The highest BCUT2D eigenvalue weighted by Crippen LogP contribution is 2.04. The molecule has 0 atom stereocenters. The van der Waals surface area contributed by atoms with Crippen LogP contribution in [-0.4, -0.2) is 24.5 Å². The van der Waals surface area contributed by atoms with Crippen molar-refractivity contribution in [2.24, 2.45) is 7.05 Å². The van der Waals surface area contributed by atoms with E-state index in [0.29, 0.717) is 6.54 Å². The molecule has 0 saturated carbocycles. The molecule has 5 nitrogen and oxygen atoms in total. The molecule has 2 heterocycles. The van der Waals surface area contributed by atoms with E-state index in [2.05, 4.69) is 43.8 Å². The van der Waals surface area contributed by atoms with Gasteiger partial charge in [-0.25, -0.2) is 9.67 Å². The lowest BCUT2D eigenvalue weighted by Crippen LogP contribution is -2.06. The van der Waals surface area contributed by atoms with Crippen LogP contribution >= 0.6 is 22.6 Å². The Hall–Kier alpha value is -0.920. The van der Waals surface area contributed by atoms with E-state index in [1.807, 2.05) is 18.7 Å². The molecule has 0 spiro atoms. The average molecular weight is 303 g/mol. The number of nitrogens with zero attached hydrogens (tertiary/aromatic N) is 5. The molecule has 6 heteroatoms. The van der Waals surface area contributed by atoms with Gasteiger partial charge in [0.25, 0.3) is 0 Å². The Balaban J connectivity index is 2.22. The molecule has 0 aliphatic rings. The number of hydrogen-bond donors (Lipinski definition) is 0. The maximum Gasteiger partial charge on any atom is 0.211 e. The Bertz CT molecular complexity index is 444. The third-order valence-electron chi connectivity index (χ3n) is 1.93. The Morgan fingerprint density at radius 2 is 2.21 bits per heavy atom. The number of rotatable bonds is 2. The van der Waals surface area contributed by atoms with E-state index < -0.39 is 0 Å². The molecule has 0 aliphatic carbocycles. The molecular weight excluding hydrogens is 293 g/mol. The van der Waals surface area contributed by atoms with E-state index in [1.54, 1.807) is 11.0 Å². The summed E-state index contributed by atoms with van der Waals surface area (Å²) in [4.78, 5) is 4.06. The Kier molecular flexibility index (Phi) is 2.53. The van der Waals surface area contributed by atoms with Crippen molar-refractivity contribution in [2.75, 3.05) is 0 Å². The summed E-state index contributed by atoms with van der Waals surface area (Å²) in [5.74, 6) is 0. The molecule has 0 fully saturated rings. The summed E-state index contributed by atoms with van der Waals surface area (Å²) < 4.78 is 4.43. The predicted molar refractivity (Wildman–Crippen MR) is 59.8 cm³/mol. The van der Waals surface area contributed by atoms with Crippen LogP contribution < -0.4 is 0 Å². The van der Waals surface area contributed by atoms with Gasteiger partial charge in [-0.05, 0) is 13.0 Å². The van der Waals surface area contributed by atoms with Crippen molar-refractivity contribution in [3.63, 3.8) is 0 Å². The molecule has 2 aromatic rings. The van der Waals surface area contributed by atoms with Crippen LogP contribution in [0.4, 0.5) is 0 Å². The summed E-state index contributed by atoms with van der Waals surface area (Å²) in [6.45, 7) is 2.70. The molecule has 14 heavy (non-hydrogen) atoms. The topological polar surface area (TPSA) is 48.5 Å². The molecule has 0 N–H and O–H groups in total. The fourth-order valence-corrected chi connectivity index (χ4v) is 1.73. The van der Waals surface area contributed by atoms with Crippen molar-refractivity contribution < 1.29 is 0 Å². The zero-order valence-electron chi connectivity index (χ0n) is 7.98. The summed E-state index contributed by atoms with van der Waals surface area (Å²) in [7, 11) is 1.93. The molecular formula is C8H10IN5. The molecule has 0 bridgehead atoms. The van der Waals surface area contributed by atoms with Gasteiger partial charge in [-0.15, -0.1) is 5.10 Å². The average Bonchev–Trinajstić information content (AvgIpc) is 2.61. The largest absolute Gasteiger partial charge is 0.270 e. The molecule has 74 valence electrons. The molecule has 0 aliphatic heterocycles. The minimum Gasteiger partial charge on any atom is -0.270 e. The van der Waals surface area contributed by atoms with Gasteiger partial charge in [0.05, 0.1) is 17.9 Å². The van der Waals surface area contributed by atoms with Crippen molar-refractivity contribution in [3.8, 4) is 0 Å². The summed E-state index contributed by atoms with van der Waals surface area (Å²) in [5, 5.41) is 8.47. The van der Waals surface area contributed by atoms with Gasteiger partial charge in [0.15, 0.2) is 0 Å². The molecule has 0 unspecified atom stereocenters. The first kappa shape index (κ1) is 9.63. The molecule has 2 rings (SSSR count). The molecule has 0 saturated heterocycles. The Morgan fingerprint density at radius 1 is 1.43 bits per heavy atom. The van der Waals surface area contributed by atoms with E-state index >= 15 is 0 Å². The number of halogens is 1. The second-order valence-corrected chi connectivity index (χ2v) is 4.08. The highest BCUT2D eigenvalue weighted by atomic mass is 127. The van der Waals surface area contributed by atoms with Gasteiger partial charge >= 0.3 is 0 Å². The lowest BCUT2D eigenvalue weighted by molar-refractivity contribution is 0.615. The van der Waals surface area contributed by atoms with Crippen molar-refractivity contribution in [3.05, 3.63) is 27.6 Å². The highest BCUT2D eigenvalue weighted by molar-refractivity contribution is 14.1. The number of aryl methyl sites for hydroxylation is 2. The fraction of sp³-hybridized carbons (Fsp3) is 0.375. The second-order valence-electron chi connectivity index (χ2n) is 3.11. The lowest BCUT2D eigenvalue weighted by atomic mass is 10.4. The molecule has 0 radical (unpaired) electrons. The van der Waals surface area contributed by atoms with Crippen LogP contribution in [0.15, 0.2) is 12.4 Å². The third kappa shape index (κ3) is 1.94. The summed E-state index contributed by atoms with van der Waals surface area (Å²) in [6, 6.07) is 2.05. The predicted octanol–water partition coefficient (Wildman–Crippen LogP) is 0.973. The van der Waals surface area contributed by atoms with E-state index in [4.69, 9.17) is 0 Å². The van der Waals surface area contributed by atoms with Gasteiger partial charge in [-0.3, -0.25) is 4.68 Å². The summed E-state index contributed by atoms with van der Waals surface area (Å²) >= 11 is 2.09. The quantitative estimate of drug-likeness (QED) is 0.777. The SMILES string of the molecule is Cc1cc(Cn2cnc(I)n2)n(C)n1. The minimum absolute atomic E-state index is 0.716. The van der Waals surface area contributed by atoms with Gasteiger partial charge in [0.2, 0.25) is 3.83 Å². The van der Waals surface area contributed by atoms with Crippen LogP contribution in [0, 0.1) is 10.8 Å². The number of aromatic nitrogens is 5. The first-order valence-electron chi connectivity index (χ1n) is 4.19. The van der Waals surface area contributed by atoms with Crippen molar-refractivity contribution >= 4 is 22.6 Å². The Morgan fingerprint density at radius 3 is 2.71 bits per heavy atom. The smallest absolute Gasteiger partial charge is 0.211 e. The lowest BCUT2D eigenvalue weighted by Gasteiger charge is -2.00. The molecule has 2 aromatic heterocycles. The van der Waals surface area contributed by atoms with Gasteiger partial charge in [-0.2, -0.15) is 5.10 Å². The summed E-state index contributed by atoms with van der Waals surface area (Å²) in [6.07, 6.45) is 1.73. The standard InChI is InChI=1S/C8H10IN5/c1-6-3-7(13(2)11-6)4-14-5-10-8(9)12-14/h3,5H,4H2,1-2H3. The maximum atomic E-state index is 4.27. The Labute approximate surface area is 95.3 Å². The van der Waals surface area contributed by atoms with Crippen molar-refractivity contribution in [1.82, 2.24) is 24.5 Å². The van der Waals surface area contributed by atoms with Gasteiger partial charge in [0.1, 0.15) is 6.33 Å². The van der Waals surface area contributed by atoms with E-state index in [0.717, 1.165) is 15.2 Å². The zero-order valence-corrected chi connectivity index (χ0v) is 10.1. The highest BCUT2D eigenvalue weighted by Gasteiger charge is 2.03. The van der Waals surface area contributed by atoms with Crippen LogP contribution in [-0.2, 0) is 13.6 Å². The first-order chi connectivity index (χ1) is 6.65. The van der Waals surface area contributed by atoms with Crippen LogP contribution in [0.2, 0.25) is 0 Å². The second kappa shape index (κ2) is 3.68. The van der Waals surface area contributed by atoms with E-state index in [9.17, 15) is 0 Å². The minimum atomic E-state index is 0.716. The molecule has 0 amide bonds. The van der Waals surface area contributed by atoms with Gasteiger partial charge in [0, 0.05) is 29.6 Å². The molecule has 0 aromatic carbocycles. The van der Waals surface area contributed by atoms with Crippen molar-refractivity contribution in [1.29, 1.82) is 0 Å². The zero-order chi connectivity index (χ0) is 10.1. The monoisotopic (exact) mass is 303 g/mol.